The molecule has 1 fully saturated rings. The van der Waals surface area contributed by atoms with Gasteiger partial charge in [0, 0.05) is 18.7 Å². The van der Waals surface area contributed by atoms with Gasteiger partial charge in [0.15, 0.2) is 0 Å². The summed E-state index contributed by atoms with van der Waals surface area (Å²) in [6, 6.07) is 6.95. The molecule has 0 aliphatic carbocycles. The van der Waals surface area contributed by atoms with Gasteiger partial charge in [-0.25, -0.2) is 0 Å². The van der Waals surface area contributed by atoms with Gasteiger partial charge in [-0.3, -0.25) is 4.90 Å². The third-order valence-corrected chi connectivity index (χ3v) is 3.71. The normalized spacial score (nSPS) is 24.1. The lowest BCUT2D eigenvalue weighted by Gasteiger charge is -2.23. The molecule has 1 unspecified atom stereocenters. The summed E-state index contributed by atoms with van der Waals surface area (Å²) >= 11 is 0. The zero-order valence-electron chi connectivity index (χ0n) is 11.1. The van der Waals surface area contributed by atoms with Crippen LogP contribution in [0.5, 0.6) is 5.75 Å². The summed E-state index contributed by atoms with van der Waals surface area (Å²) in [5.41, 5.74) is 6.70. The van der Waals surface area contributed by atoms with Crippen LogP contribution in [0.25, 0.3) is 0 Å². The highest BCUT2D eigenvalue weighted by Crippen LogP contribution is 2.31. The molecular formula is C14H20F2N2O. The molecule has 1 aliphatic rings. The average Bonchev–Trinajstić information content (AvgIpc) is 2.74. The van der Waals surface area contributed by atoms with Crippen molar-refractivity contribution in [2.75, 3.05) is 19.6 Å². The molecule has 19 heavy (non-hydrogen) atoms. The standard InChI is InChI=1S/C14H20F2N2O/c1-14(9-17)6-7-18(10-14)8-11-4-2-3-5-12(11)19-13(15)16/h2-5,13H,6-10,17H2,1H3. The van der Waals surface area contributed by atoms with Gasteiger partial charge in [0.2, 0.25) is 0 Å². The molecular weight excluding hydrogens is 250 g/mol. The van der Waals surface area contributed by atoms with Crippen molar-refractivity contribution in [3.05, 3.63) is 29.8 Å². The predicted molar refractivity (Wildman–Crippen MR) is 70.1 cm³/mol. The van der Waals surface area contributed by atoms with Crippen LogP contribution in [-0.2, 0) is 6.54 Å². The van der Waals surface area contributed by atoms with Gasteiger partial charge in [-0.2, -0.15) is 8.78 Å². The summed E-state index contributed by atoms with van der Waals surface area (Å²) in [5, 5.41) is 0. The summed E-state index contributed by atoms with van der Waals surface area (Å²) in [6.45, 7) is 2.49. The monoisotopic (exact) mass is 270 g/mol. The molecule has 1 heterocycles. The van der Waals surface area contributed by atoms with Crippen LogP contribution in [0.1, 0.15) is 18.9 Å². The largest absolute Gasteiger partial charge is 0.434 e. The van der Waals surface area contributed by atoms with Gasteiger partial charge in [-0.15, -0.1) is 0 Å². The van der Waals surface area contributed by atoms with E-state index in [0.29, 0.717) is 13.1 Å². The Morgan fingerprint density at radius 3 is 2.79 bits per heavy atom. The molecule has 1 aliphatic heterocycles. The fourth-order valence-corrected chi connectivity index (χ4v) is 2.51. The summed E-state index contributed by atoms with van der Waals surface area (Å²) < 4.78 is 29.2. The Labute approximate surface area is 112 Å². The van der Waals surface area contributed by atoms with Gasteiger partial charge in [0.25, 0.3) is 0 Å². The van der Waals surface area contributed by atoms with E-state index in [4.69, 9.17) is 5.73 Å². The van der Waals surface area contributed by atoms with Crippen molar-refractivity contribution in [3.8, 4) is 5.75 Å². The number of para-hydroxylation sites is 1. The molecule has 3 nitrogen and oxygen atoms in total. The van der Waals surface area contributed by atoms with Crippen molar-refractivity contribution in [1.29, 1.82) is 0 Å². The van der Waals surface area contributed by atoms with E-state index in [0.717, 1.165) is 25.1 Å². The second-order valence-corrected chi connectivity index (χ2v) is 5.46. The molecule has 0 spiro atoms. The van der Waals surface area contributed by atoms with E-state index in [1.54, 1.807) is 12.1 Å². The number of likely N-dealkylation sites (tertiary alicyclic amines) is 1. The Morgan fingerprint density at radius 1 is 1.42 bits per heavy atom. The molecule has 0 bridgehead atoms. The molecule has 106 valence electrons. The van der Waals surface area contributed by atoms with Crippen molar-refractivity contribution < 1.29 is 13.5 Å². The van der Waals surface area contributed by atoms with Crippen LogP contribution in [0, 0.1) is 5.41 Å². The first-order valence-corrected chi connectivity index (χ1v) is 6.47. The highest BCUT2D eigenvalue weighted by Gasteiger charge is 2.32. The van der Waals surface area contributed by atoms with Crippen LogP contribution in [0.15, 0.2) is 24.3 Å². The van der Waals surface area contributed by atoms with Crippen LogP contribution in [0.2, 0.25) is 0 Å². The first-order chi connectivity index (χ1) is 9.02. The maximum Gasteiger partial charge on any atom is 0.387 e. The lowest BCUT2D eigenvalue weighted by atomic mass is 9.90. The minimum absolute atomic E-state index is 0.137. The number of alkyl halides is 2. The van der Waals surface area contributed by atoms with Crippen LogP contribution in [-0.4, -0.2) is 31.1 Å². The van der Waals surface area contributed by atoms with E-state index >= 15 is 0 Å². The molecule has 1 atom stereocenters. The van der Waals surface area contributed by atoms with Crippen molar-refractivity contribution in [3.63, 3.8) is 0 Å². The number of hydrogen-bond donors (Lipinski definition) is 1. The number of benzene rings is 1. The van der Waals surface area contributed by atoms with Crippen molar-refractivity contribution in [1.82, 2.24) is 4.90 Å². The van der Waals surface area contributed by atoms with Crippen LogP contribution >= 0.6 is 0 Å². The molecule has 1 aromatic carbocycles. The number of rotatable bonds is 5. The van der Waals surface area contributed by atoms with Gasteiger partial charge in [-0.1, -0.05) is 25.1 Å². The Kier molecular flexibility index (Phi) is 4.37. The fourth-order valence-electron chi connectivity index (χ4n) is 2.51. The second kappa shape index (κ2) is 5.84. The Bertz CT molecular complexity index is 428. The summed E-state index contributed by atoms with van der Waals surface area (Å²) in [6.07, 6.45) is 1.04. The van der Waals surface area contributed by atoms with Crippen LogP contribution < -0.4 is 10.5 Å². The molecule has 0 saturated carbocycles. The molecule has 2 rings (SSSR count). The Hall–Kier alpha value is -1.20. The van der Waals surface area contributed by atoms with Gasteiger partial charge in [0.05, 0.1) is 0 Å². The van der Waals surface area contributed by atoms with Crippen molar-refractivity contribution in [2.24, 2.45) is 11.1 Å². The summed E-state index contributed by atoms with van der Waals surface area (Å²) in [7, 11) is 0. The molecule has 5 heteroatoms. The van der Waals surface area contributed by atoms with Gasteiger partial charge >= 0.3 is 6.61 Å². The fraction of sp³-hybridized carbons (Fsp3) is 0.571. The van der Waals surface area contributed by atoms with E-state index in [1.165, 1.54) is 0 Å². The number of nitrogens with zero attached hydrogens (tertiary/aromatic N) is 1. The highest BCUT2D eigenvalue weighted by atomic mass is 19.3. The van der Waals surface area contributed by atoms with Gasteiger partial charge in [0.1, 0.15) is 5.75 Å². The lowest BCUT2D eigenvalue weighted by molar-refractivity contribution is -0.0507. The third-order valence-electron chi connectivity index (χ3n) is 3.71. The van der Waals surface area contributed by atoms with E-state index in [1.807, 2.05) is 12.1 Å². The zero-order chi connectivity index (χ0) is 13.9. The van der Waals surface area contributed by atoms with Gasteiger partial charge < -0.3 is 10.5 Å². The SMILES string of the molecule is CC1(CN)CCN(Cc2ccccc2OC(F)F)C1. The first kappa shape index (κ1) is 14.2. The first-order valence-electron chi connectivity index (χ1n) is 6.47. The second-order valence-electron chi connectivity index (χ2n) is 5.46. The number of halogens is 2. The smallest absolute Gasteiger partial charge is 0.387 e. The molecule has 2 N–H and O–H groups in total. The number of ether oxygens (including phenoxy) is 1. The molecule has 1 saturated heterocycles. The van der Waals surface area contributed by atoms with Crippen LogP contribution in [0.3, 0.4) is 0 Å². The topological polar surface area (TPSA) is 38.5 Å². The Morgan fingerprint density at radius 2 is 2.16 bits per heavy atom. The lowest BCUT2D eigenvalue weighted by Crippen LogP contribution is -2.31. The van der Waals surface area contributed by atoms with Crippen molar-refractivity contribution >= 4 is 0 Å². The highest BCUT2D eigenvalue weighted by molar-refractivity contribution is 5.33. The van der Waals surface area contributed by atoms with Gasteiger partial charge in [-0.05, 0) is 31.0 Å². The van der Waals surface area contributed by atoms with E-state index < -0.39 is 6.61 Å². The Balaban J connectivity index is 2.04. The van der Waals surface area contributed by atoms with Crippen LogP contribution in [0.4, 0.5) is 8.78 Å². The zero-order valence-corrected chi connectivity index (χ0v) is 11.1. The molecule has 0 radical (unpaired) electrons. The maximum atomic E-state index is 12.3. The molecule has 0 amide bonds. The minimum atomic E-state index is -2.78. The number of hydrogen-bond acceptors (Lipinski definition) is 3. The maximum absolute atomic E-state index is 12.3. The molecule has 0 aromatic heterocycles. The average molecular weight is 270 g/mol. The predicted octanol–water partition coefficient (Wildman–Crippen LogP) is 2.46. The summed E-state index contributed by atoms with van der Waals surface area (Å²) in [5.74, 6) is 0.263. The van der Waals surface area contributed by atoms with E-state index in [2.05, 4.69) is 16.6 Å². The number of nitrogens with two attached hydrogens (primary N) is 1. The van der Waals surface area contributed by atoms with Crippen molar-refractivity contribution in [2.45, 2.75) is 26.5 Å². The third kappa shape index (κ3) is 3.64. The minimum Gasteiger partial charge on any atom is -0.434 e. The molecule has 1 aromatic rings. The summed E-state index contributed by atoms with van der Waals surface area (Å²) in [4.78, 5) is 2.24. The quantitative estimate of drug-likeness (QED) is 0.893. The van der Waals surface area contributed by atoms with E-state index in [-0.39, 0.29) is 11.2 Å². The van der Waals surface area contributed by atoms with E-state index in [9.17, 15) is 8.78 Å².